The zero-order valence-electron chi connectivity index (χ0n) is 10.6. The molecule has 1 aromatic rings. The molecule has 0 unspecified atom stereocenters. The predicted molar refractivity (Wildman–Crippen MR) is 68.7 cm³/mol. The summed E-state index contributed by atoms with van der Waals surface area (Å²) >= 11 is 0. The molecule has 18 heavy (non-hydrogen) atoms. The quantitative estimate of drug-likeness (QED) is 0.698. The van der Waals surface area contributed by atoms with Gasteiger partial charge in [-0.3, -0.25) is 0 Å². The maximum Gasteiger partial charge on any atom is 0.333 e. The Hall–Kier alpha value is -1.55. The van der Waals surface area contributed by atoms with Crippen molar-refractivity contribution in [2.45, 2.75) is 38.7 Å². The normalized spacial score (nSPS) is 12.3. The molecule has 0 fully saturated rings. The molecule has 1 atom stereocenters. The molecule has 0 radical (unpaired) electrons. The molecule has 0 aliphatic carbocycles. The van der Waals surface area contributed by atoms with Crippen LogP contribution in [0.4, 0.5) is 0 Å². The van der Waals surface area contributed by atoms with Gasteiger partial charge in [0.1, 0.15) is 5.75 Å². The maximum atomic E-state index is 11.1. The summed E-state index contributed by atoms with van der Waals surface area (Å²) < 4.78 is 5.37. The second-order valence-electron chi connectivity index (χ2n) is 4.28. The van der Waals surface area contributed by atoms with Gasteiger partial charge in [-0.15, -0.1) is 0 Å². The lowest BCUT2D eigenvalue weighted by molar-refractivity contribution is -0.150. The Bertz CT molecular complexity index is 376. The highest BCUT2D eigenvalue weighted by molar-refractivity contribution is 5.72. The Balaban J connectivity index is 2.50. The van der Waals surface area contributed by atoms with E-state index in [0.29, 0.717) is 6.61 Å². The number of benzene rings is 1. The molecule has 0 heterocycles. The molecule has 0 amide bonds. The third-order valence-electron chi connectivity index (χ3n) is 2.67. The number of phenols is 1. The molecule has 0 aromatic heterocycles. The van der Waals surface area contributed by atoms with Crippen LogP contribution in [0.2, 0.25) is 0 Å². The fourth-order valence-electron chi connectivity index (χ4n) is 1.69. The third kappa shape index (κ3) is 5.19. The SMILES string of the molecule is CCCCCO[C@@H](Cc1cccc(O)c1)C(=O)O. The van der Waals surface area contributed by atoms with Crippen LogP contribution in [0, 0.1) is 0 Å². The summed E-state index contributed by atoms with van der Waals surface area (Å²) in [5.41, 5.74) is 0.762. The van der Waals surface area contributed by atoms with Gasteiger partial charge in [-0.1, -0.05) is 31.9 Å². The summed E-state index contributed by atoms with van der Waals surface area (Å²) in [5.74, 6) is -0.822. The average Bonchev–Trinajstić information content (AvgIpc) is 2.33. The van der Waals surface area contributed by atoms with E-state index in [2.05, 4.69) is 6.92 Å². The van der Waals surface area contributed by atoms with Gasteiger partial charge < -0.3 is 14.9 Å². The van der Waals surface area contributed by atoms with Crippen LogP contribution < -0.4 is 0 Å². The number of carbonyl (C=O) groups is 1. The van der Waals surface area contributed by atoms with Crippen LogP contribution in [0.15, 0.2) is 24.3 Å². The zero-order chi connectivity index (χ0) is 13.4. The molecule has 0 saturated heterocycles. The van der Waals surface area contributed by atoms with Crippen molar-refractivity contribution in [3.05, 3.63) is 29.8 Å². The first-order chi connectivity index (χ1) is 8.63. The van der Waals surface area contributed by atoms with E-state index in [4.69, 9.17) is 9.84 Å². The second-order valence-corrected chi connectivity index (χ2v) is 4.28. The number of unbranched alkanes of at least 4 members (excludes halogenated alkanes) is 2. The van der Waals surface area contributed by atoms with Crippen LogP contribution in [-0.4, -0.2) is 28.9 Å². The van der Waals surface area contributed by atoms with Gasteiger partial charge in [0.15, 0.2) is 6.10 Å². The standard InChI is InChI=1S/C14H20O4/c1-2-3-4-8-18-13(14(16)17)10-11-6-5-7-12(15)9-11/h5-7,9,13,15H,2-4,8,10H2,1H3,(H,16,17)/t13-/m0/s1. The van der Waals surface area contributed by atoms with E-state index < -0.39 is 12.1 Å². The topological polar surface area (TPSA) is 66.8 Å². The molecule has 2 N–H and O–H groups in total. The molecule has 100 valence electrons. The van der Waals surface area contributed by atoms with Crippen LogP contribution in [-0.2, 0) is 16.0 Å². The summed E-state index contributed by atoms with van der Waals surface area (Å²) in [4.78, 5) is 11.1. The van der Waals surface area contributed by atoms with E-state index in [1.54, 1.807) is 24.3 Å². The zero-order valence-corrected chi connectivity index (χ0v) is 10.6. The molecule has 0 spiro atoms. The van der Waals surface area contributed by atoms with Crippen molar-refractivity contribution in [3.8, 4) is 5.75 Å². The van der Waals surface area contributed by atoms with Crippen molar-refractivity contribution in [1.29, 1.82) is 0 Å². The minimum absolute atomic E-state index is 0.141. The summed E-state index contributed by atoms with van der Waals surface area (Å²) in [6.45, 7) is 2.55. The lowest BCUT2D eigenvalue weighted by Crippen LogP contribution is -2.26. The van der Waals surface area contributed by atoms with Gasteiger partial charge in [-0.2, -0.15) is 0 Å². The summed E-state index contributed by atoms with van der Waals surface area (Å²) in [7, 11) is 0. The highest BCUT2D eigenvalue weighted by Gasteiger charge is 2.18. The number of hydrogen-bond donors (Lipinski definition) is 2. The Morgan fingerprint density at radius 1 is 1.39 bits per heavy atom. The van der Waals surface area contributed by atoms with Gasteiger partial charge >= 0.3 is 5.97 Å². The van der Waals surface area contributed by atoms with Crippen molar-refractivity contribution in [1.82, 2.24) is 0 Å². The largest absolute Gasteiger partial charge is 0.508 e. The van der Waals surface area contributed by atoms with Gasteiger partial charge in [0.25, 0.3) is 0 Å². The molecule has 0 saturated carbocycles. The fourth-order valence-corrected chi connectivity index (χ4v) is 1.69. The smallest absolute Gasteiger partial charge is 0.333 e. The van der Waals surface area contributed by atoms with Gasteiger partial charge in [0.05, 0.1) is 0 Å². The van der Waals surface area contributed by atoms with Gasteiger partial charge in [-0.05, 0) is 24.1 Å². The molecular formula is C14H20O4. The van der Waals surface area contributed by atoms with E-state index in [-0.39, 0.29) is 12.2 Å². The average molecular weight is 252 g/mol. The van der Waals surface area contributed by atoms with E-state index in [0.717, 1.165) is 24.8 Å². The number of aromatic hydroxyl groups is 1. The number of aliphatic carboxylic acids is 1. The third-order valence-corrected chi connectivity index (χ3v) is 2.67. The first-order valence-corrected chi connectivity index (χ1v) is 6.25. The highest BCUT2D eigenvalue weighted by Crippen LogP contribution is 2.14. The highest BCUT2D eigenvalue weighted by atomic mass is 16.5. The molecule has 0 aliphatic rings. The summed E-state index contributed by atoms with van der Waals surface area (Å²) in [5, 5.41) is 18.4. The lowest BCUT2D eigenvalue weighted by Gasteiger charge is -2.13. The minimum Gasteiger partial charge on any atom is -0.508 e. The number of ether oxygens (including phenoxy) is 1. The van der Waals surface area contributed by atoms with Crippen LogP contribution in [0.25, 0.3) is 0 Å². The Morgan fingerprint density at radius 2 is 2.17 bits per heavy atom. The van der Waals surface area contributed by atoms with Crippen LogP contribution in [0.5, 0.6) is 5.75 Å². The fraction of sp³-hybridized carbons (Fsp3) is 0.500. The predicted octanol–water partition coefficient (Wildman–Crippen LogP) is 2.59. The first kappa shape index (κ1) is 14.5. The maximum absolute atomic E-state index is 11.1. The summed E-state index contributed by atoms with van der Waals surface area (Å²) in [6.07, 6.45) is 2.42. The van der Waals surface area contributed by atoms with E-state index in [1.807, 2.05) is 0 Å². The number of phenolic OH excluding ortho intramolecular Hbond substituents is 1. The first-order valence-electron chi connectivity index (χ1n) is 6.25. The number of hydrogen-bond acceptors (Lipinski definition) is 3. The van der Waals surface area contributed by atoms with Crippen molar-refractivity contribution < 1.29 is 19.7 Å². The van der Waals surface area contributed by atoms with E-state index >= 15 is 0 Å². The molecule has 1 aromatic carbocycles. The Labute approximate surface area is 107 Å². The van der Waals surface area contributed by atoms with E-state index in [9.17, 15) is 9.90 Å². The van der Waals surface area contributed by atoms with Crippen LogP contribution in [0.1, 0.15) is 31.7 Å². The molecule has 4 nitrogen and oxygen atoms in total. The Kier molecular flexibility index (Phi) is 6.22. The minimum atomic E-state index is -0.963. The molecule has 4 heteroatoms. The molecule has 0 bridgehead atoms. The number of rotatable bonds is 8. The summed E-state index contributed by atoms with van der Waals surface area (Å²) in [6, 6.07) is 6.60. The second kappa shape index (κ2) is 7.71. The van der Waals surface area contributed by atoms with E-state index in [1.165, 1.54) is 0 Å². The lowest BCUT2D eigenvalue weighted by atomic mass is 10.1. The van der Waals surface area contributed by atoms with Gasteiger partial charge in [0.2, 0.25) is 0 Å². The van der Waals surface area contributed by atoms with Crippen molar-refractivity contribution in [2.75, 3.05) is 6.61 Å². The number of carboxylic acid groups (broad SMARTS) is 1. The molecular weight excluding hydrogens is 232 g/mol. The van der Waals surface area contributed by atoms with Crippen molar-refractivity contribution >= 4 is 5.97 Å². The van der Waals surface area contributed by atoms with Gasteiger partial charge in [-0.25, -0.2) is 4.79 Å². The van der Waals surface area contributed by atoms with Crippen molar-refractivity contribution in [3.63, 3.8) is 0 Å². The van der Waals surface area contributed by atoms with Gasteiger partial charge in [0, 0.05) is 13.0 Å². The molecule has 1 rings (SSSR count). The Morgan fingerprint density at radius 3 is 2.78 bits per heavy atom. The monoisotopic (exact) mass is 252 g/mol. The van der Waals surface area contributed by atoms with Crippen LogP contribution in [0.3, 0.4) is 0 Å². The van der Waals surface area contributed by atoms with Crippen LogP contribution >= 0.6 is 0 Å². The van der Waals surface area contributed by atoms with Crippen molar-refractivity contribution in [2.24, 2.45) is 0 Å². The molecule has 0 aliphatic heterocycles. The number of carboxylic acids is 1.